The van der Waals surface area contributed by atoms with Gasteiger partial charge in [-0.2, -0.15) is 39.0 Å². The van der Waals surface area contributed by atoms with Gasteiger partial charge in [-0.3, -0.25) is 0 Å². The van der Waals surface area contributed by atoms with Crippen LogP contribution in [0.15, 0.2) is 0 Å². The van der Waals surface area contributed by atoms with Crippen molar-refractivity contribution in [2.45, 2.75) is 17.1 Å². The third-order valence-corrected chi connectivity index (χ3v) is 3.50. The van der Waals surface area contributed by atoms with Gasteiger partial charge in [0.1, 0.15) is 0 Å². The second-order valence-corrected chi connectivity index (χ2v) is 6.33. The average molecular weight is 258 g/mol. The van der Waals surface area contributed by atoms with Gasteiger partial charge in [0.15, 0.2) is 0 Å². The van der Waals surface area contributed by atoms with E-state index in [1.807, 2.05) is 0 Å². The molecule has 0 atom stereocenters. The molecule has 0 saturated heterocycles. The molecule has 0 nitrogen and oxygen atoms in total. The molecule has 0 saturated carbocycles. The van der Waals surface area contributed by atoms with Crippen molar-refractivity contribution in [2.24, 2.45) is 0 Å². The van der Waals surface area contributed by atoms with Crippen molar-refractivity contribution in [3.05, 3.63) is 0 Å². The van der Waals surface area contributed by atoms with E-state index in [9.17, 15) is 26.3 Å². The minimum absolute atomic E-state index is 1.02. The van der Waals surface area contributed by atoms with E-state index in [0.717, 1.165) is 0 Å². The summed E-state index contributed by atoms with van der Waals surface area (Å²) in [5, 5.41) is 0. The molecule has 0 unspecified atom stereocenters. The zero-order valence-corrected chi connectivity index (χ0v) is 9.16. The Morgan fingerprint density at radius 2 is 1.21 bits per heavy atom. The van der Waals surface area contributed by atoms with Gasteiger partial charge < -0.3 is 0 Å². The van der Waals surface area contributed by atoms with E-state index in [-0.39, 0.29) is 0 Å². The average Bonchev–Trinajstić information content (AvgIpc) is 1.79. The summed E-state index contributed by atoms with van der Waals surface area (Å²) in [5.41, 5.74) is 0. The lowest BCUT2D eigenvalue weighted by molar-refractivity contribution is -0.257. The molecule has 0 aromatic rings. The van der Waals surface area contributed by atoms with Crippen molar-refractivity contribution < 1.29 is 26.3 Å². The molecule has 0 N–H and O–H groups in total. The Kier molecular flexibility index (Phi) is 4.19. The molecule has 0 spiro atoms. The standard InChI is InChI=1S/C6H9F6PS/c1-13(2)3-4(14,5(7,8)9)6(10,11)12/h14H,3H2,1-2H3. The van der Waals surface area contributed by atoms with E-state index in [1.54, 1.807) is 0 Å². The van der Waals surface area contributed by atoms with Gasteiger partial charge in [0.25, 0.3) is 0 Å². The van der Waals surface area contributed by atoms with Crippen molar-refractivity contribution in [3.8, 4) is 0 Å². The molecule has 0 aliphatic rings. The zero-order valence-electron chi connectivity index (χ0n) is 7.37. The molecular formula is C6H9F6PS. The van der Waals surface area contributed by atoms with E-state index < -0.39 is 31.2 Å². The fraction of sp³-hybridized carbons (Fsp3) is 1.00. The van der Waals surface area contributed by atoms with Crippen molar-refractivity contribution in [2.75, 3.05) is 19.5 Å². The van der Waals surface area contributed by atoms with Gasteiger partial charge in [-0.15, -0.1) is 7.92 Å². The Labute approximate surface area is 84.2 Å². The van der Waals surface area contributed by atoms with Crippen LogP contribution in [0, 0.1) is 0 Å². The van der Waals surface area contributed by atoms with Crippen LogP contribution in [0.1, 0.15) is 0 Å². The molecule has 0 heterocycles. The molecule has 0 fully saturated rings. The number of halogens is 6. The smallest absolute Gasteiger partial charge is 0.169 e. The van der Waals surface area contributed by atoms with Crippen LogP contribution in [0.25, 0.3) is 0 Å². The van der Waals surface area contributed by atoms with Gasteiger partial charge >= 0.3 is 12.4 Å². The fourth-order valence-electron chi connectivity index (χ4n) is 0.798. The Morgan fingerprint density at radius 1 is 0.929 bits per heavy atom. The molecule has 0 aliphatic heterocycles. The largest absolute Gasteiger partial charge is 0.412 e. The minimum atomic E-state index is -5.37. The molecule has 0 rings (SSSR count). The highest BCUT2D eigenvalue weighted by atomic mass is 32.1. The number of rotatable bonds is 2. The quantitative estimate of drug-likeness (QED) is 0.437. The summed E-state index contributed by atoms with van der Waals surface area (Å²) in [4.78, 5) is 0. The molecule has 0 radical (unpaired) electrons. The highest BCUT2D eigenvalue weighted by Crippen LogP contribution is 2.52. The molecular weight excluding hydrogens is 249 g/mol. The van der Waals surface area contributed by atoms with Crippen LogP contribution < -0.4 is 0 Å². The van der Waals surface area contributed by atoms with Crippen molar-refractivity contribution in [1.29, 1.82) is 0 Å². The summed E-state index contributed by atoms with van der Waals surface area (Å²) in [6, 6.07) is 0. The Morgan fingerprint density at radius 3 is 1.29 bits per heavy atom. The predicted octanol–water partition coefficient (Wildman–Crippen LogP) is 3.52. The molecule has 14 heavy (non-hydrogen) atoms. The van der Waals surface area contributed by atoms with Crippen molar-refractivity contribution in [1.82, 2.24) is 0 Å². The van der Waals surface area contributed by atoms with E-state index >= 15 is 0 Å². The van der Waals surface area contributed by atoms with Crippen LogP contribution in [-0.4, -0.2) is 36.6 Å². The number of alkyl halides is 6. The lowest BCUT2D eigenvalue weighted by Gasteiger charge is -2.34. The number of hydrogen-bond acceptors (Lipinski definition) is 1. The second kappa shape index (κ2) is 4.08. The lowest BCUT2D eigenvalue weighted by Crippen LogP contribution is -2.54. The van der Waals surface area contributed by atoms with Crippen LogP contribution in [-0.2, 0) is 0 Å². The summed E-state index contributed by atoms with van der Waals surface area (Å²) in [5.74, 6) is 0. The Bertz CT molecular complexity index is 181. The molecule has 86 valence electrons. The fourth-order valence-corrected chi connectivity index (χ4v) is 2.92. The highest BCUT2D eigenvalue weighted by molar-refractivity contribution is 7.82. The predicted molar refractivity (Wildman–Crippen MR) is 47.5 cm³/mol. The summed E-state index contributed by atoms with van der Waals surface area (Å²) in [7, 11) is -1.33. The summed E-state index contributed by atoms with van der Waals surface area (Å²) >= 11 is 2.79. The van der Waals surface area contributed by atoms with Crippen LogP contribution >= 0.6 is 20.6 Å². The maximum absolute atomic E-state index is 12.2. The second-order valence-electron chi connectivity index (χ2n) is 3.09. The normalized spacial score (nSPS) is 15.0. The zero-order chi connectivity index (χ0) is 11.8. The summed E-state index contributed by atoms with van der Waals surface area (Å²) < 4.78 is 69.2. The molecule has 8 heteroatoms. The van der Waals surface area contributed by atoms with Gasteiger partial charge in [0, 0.05) is 0 Å². The topological polar surface area (TPSA) is 0 Å². The summed E-state index contributed by atoms with van der Waals surface area (Å²) in [6.45, 7) is 2.69. The molecule has 0 aromatic carbocycles. The van der Waals surface area contributed by atoms with E-state index in [0.29, 0.717) is 0 Å². The van der Waals surface area contributed by atoms with E-state index in [4.69, 9.17) is 0 Å². The van der Waals surface area contributed by atoms with Crippen LogP contribution in [0.4, 0.5) is 26.3 Å². The Hall–Kier alpha value is 0.360. The van der Waals surface area contributed by atoms with E-state index in [1.165, 1.54) is 13.3 Å². The van der Waals surface area contributed by atoms with Crippen molar-refractivity contribution in [3.63, 3.8) is 0 Å². The minimum Gasteiger partial charge on any atom is -0.169 e. The van der Waals surface area contributed by atoms with Crippen LogP contribution in [0.2, 0.25) is 0 Å². The molecule has 0 aromatic heterocycles. The van der Waals surface area contributed by atoms with Gasteiger partial charge in [-0.1, -0.05) is 0 Å². The summed E-state index contributed by atoms with van der Waals surface area (Å²) in [6.07, 6.45) is -11.8. The highest BCUT2D eigenvalue weighted by Gasteiger charge is 2.68. The number of thiol groups is 1. The first-order valence-corrected chi connectivity index (χ1v) is 6.29. The maximum atomic E-state index is 12.2. The lowest BCUT2D eigenvalue weighted by atomic mass is 10.1. The molecule has 0 amide bonds. The van der Waals surface area contributed by atoms with Gasteiger partial charge in [-0.05, 0) is 19.5 Å². The van der Waals surface area contributed by atoms with Crippen LogP contribution in [0.3, 0.4) is 0 Å². The maximum Gasteiger partial charge on any atom is 0.412 e. The molecule has 0 aliphatic carbocycles. The van der Waals surface area contributed by atoms with Gasteiger partial charge in [0.05, 0.1) is 0 Å². The third kappa shape index (κ3) is 2.92. The first-order chi connectivity index (χ1) is 5.92. The van der Waals surface area contributed by atoms with E-state index in [2.05, 4.69) is 12.6 Å². The third-order valence-electron chi connectivity index (χ3n) is 1.48. The van der Waals surface area contributed by atoms with Crippen molar-refractivity contribution >= 4 is 20.6 Å². The first-order valence-electron chi connectivity index (χ1n) is 3.42. The van der Waals surface area contributed by atoms with Crippen LogP contribution in [0.5, 0.6) is 0 Å². The van der Waals surface area contributed by atoms with Gasteiger partial charge in [0.2, 0.25) is 4.75 Å². The number of hydrogen-bond donors (Lipinski definition) is 1. The first kappa shape index (κ1) is 14.4. The molecule has 0 bridgehead atoms. The monoisotopic (exact) mass is 258 g/mol. The van der Waals surface area contributed by atoms with Gasteiger partial charge in [-0.25, -0.2) is 0 Å². The SMILES string of the molecule is CP(C)CC(S)(C(F)(F)F)C(F)(F)F. The Balaban J connectivity index is 5.07.